The fourth-order valence-electron chi connectivity index (χ4n) is 3.39. The summed E-state index contributed by atoms with van der Waals surface area (Å²) >= 11 is 3.53. The maximum Gasteiger partial charge on any atom is 0.333 e. The van der Waals surface area contributed by atoms with Crippen molar-refractivity contribution in [2.45, 2.75) is 38.1 Å². The van der Waals surface area contributed by atoms with Crippen LogP contribution >= 0.6 is 15.9 Å². The molecule has 112 valence electrons. The van der Waals surface area contributed by atoms with Crippen LogP contribution in [0.25, 0.3) is 6.08 Å². The zero-order valence-corrected chi connectivity index (χ0v) is 13.9. The van der Waals surface area contributed by atoms with Gasteiger partial charge in [-0.15, -0.1) is 0 Å². The molecule has 4 heteroatoms. The van der Waals surface area contributed by atoms with Gasteiger partial charge in [0, 0.05) is 28.3 Å². The van der Waals surface area contributed by atoms with Crippen molar-refractivity contribution >= 4 is 33.7 Å². The molecule has 0 saturated carbocycles. The molecule has 0 aromatic heterocycles. The molecule has 0 aliphatic carbocycles. The molecule has 1 saturated heterocycles. The van der Waals surface area contributed by atoms with Gasteiger partial charge in [0.15, 0.2) is 0 Å². The van der Waals surface area contributed by atoms with Crippen LogP contribution in [-0.2, 0) is 9.53 Å². The third kappa shape index (κ3) is 3.00. The predicted molar refractivity (Wildman–Crippen MR) is 88.4 cm³/mol. The first-order chi connectivity index (χ1) is 10.2. The summed E-state index contributed by atoms with van der Waals surface area (Å²) in [6.07, 6.45) is 7.56. The number of ether oxygens (including phenoxy) is 1. The number of hydrogen-bond donors (Lipinski definition) is 0. The Morgan fingerprint density at radius 1 is 1.33 bits per heavy atom. The zero-order chi connectivity index (χ0) is 14.8. The van der Waals surface area contributed by atoms with Gasteiger partial charge in [-0.2, -0.15) is 0 Å². The minimum Gasteiger partial charge on any atom is -0.466 e. The maximum atomic E-state index is 12.0. The molecule has 2 aliphatic rings. The second kappa shape index (κ2) is 6.22. The van der Waals surface area contributed by atoms with E-state index in [2.05, 4.69) is 39.0 Å². The molecule has 1 atom stereocenters. The summed E-state index contributed by atoms with van der Waals surface area (Å²) in [6, 6.07) is 6.87. The topological polar surface area (TPSA) is 29.5 Å². The number of carbonyl (C=O) groups excluding carboxylic acids is 1. The van der Waals surface area contributed by atoms with Crippen LogP contribution in [0, 0.1) is 0 Å². The van der Waals surface area contributed by atoms with Gasteiger partial charge in [0.25, 0.3) is 0 Å². The minimum atomic E-state index is -0.204. The van der Waals surface area contributed by atoms with E-state index in [1.54, 1.807) is 0 Å². The average molecular weight is 350 g/mol. The number of methoxy groups -OCH3 is 1. The number of esters is 1. The first kappa shape index (κ1) is 14.6. The van der Waals surface area contributed by atoms with Gasteiger partial charge < -0.3 is 9.64 Å². The lowest BCUT2D eigenvalue weighted by molar-refractivity contribution is -0.136. The quantitative estimate of drug-likeness (QED) is 0.713. The summed E-state index contributed by atoms with van der Waals surface area (Å²) in [6.45, 7) is 1.11. The largest absolute Gasteiger partial charge is 0.466 e. The third-order valence-corrected chi connectivity index (χ3v) is 4.94. The third-order valence-electron chi connectivity index (χ3n) is 4.45. The van der Waals surface area contributed by atoms with Gasteiger partial charge in [0.1, 0.15) is 0 Å². The Hall–Kier alpha value is -1.29. The van der Waals surface area contributed by atoms with Crippen LogP contribution in [-0.4, -0.2) is 25.7 Å². The van der Waals surface area contributed by atoms with E-state index in [4.69, 9.17) is 4.74 Å². The summed E-state index contributed by atoms with van der Waals surface area (Å²) in [5.41, 5.74) is 3.13. The smallest absolute Gasteiger partial charge is 0.333 e. The first-order valence-electron chi connectivity index (χ1n) is 7.54. The fraction of sp³-hybridized carbons (Fsp3) is 0.471. The summed E-state index contributed by atoms with van der Waals surface area (Å²) < 4.78 is 5.97. The van der Waals surface area contributed by atoms with Crippen LogP contribution in [0.4, 0.5) is 5.69 Å². The number of hydrogen-bond acceptors (Lipinski definition) is 3. The Morgan fingerprint density at radius 2 is 2.19 bits per heavy atom. The van der Waals surface area contributed by atoms with Gasteiger partial charge in [0.05, 0.1) is 7.11 Å². The van der Waals surface area contributed by atoms with Gasteiger partial charge in [-0.25, -0.2) is 4.79 Å². The van der Waals surface area contributed by atoms with Crippen LogP contribution in [0.5, 0.6) is 0 Å². The highest BCUT2D eigenvalue weighted by atomic mass is 79.9. The number of nitrogens with zero attached hydrogens (tertiary/aromatic N) is 1. The summed E-state index contributed by atoms with van der Waals surface area (Å²) in [5.74, 6) is -0.204. The molecule has 0 radical (unpaired) electrons. The molecule has 2 aliphatic heterocycles. The Kier molecular flexibility index (Phi) is 4.34. The van der Waals surface area contributed by atoms with Gasteiger partial charge >= 0.3 is 5.97 Å². The van der Waals surface area contributed by atoms with Crippen molar-refractivity contribution in [2.75, 3.05) is 18.6 Å². The van der Waals surface area contributed by atoms with Crippen molar-refractivity contribution < 1.29 is 9.53 Å². The van der Waals surface area contributed by atoms with Crippen molar-refractivity contribution in [3.8, 4) is 0 Å². The Labute approximate surface area is 134 Å². The average Bonchev–Trinajstić information content (AvgIpc) is 2.49. The molecular formula is C17H20BrNO2. The van der Waals surface area contributed by atoms with Crippen LogP contribution in [0.1, 0.15) is 37.7 Å². The first-order valence-corrected chi connectivity index (χ1v) is 8.33. The summed E-state index contributed by atoms with van der Waals surface area (Å²) in [7, 11) is 1.46. The molecule has 2 heterocycles. The Bertz CT molecular complexity index is 582. The van der Waals surface area contributed by atoms with E-state index in [0.717, 1.165) is 35.0 Å². The lowest BCUT2D eigenvalue weighted by Crippen LogP contribution is -2.40. The van der Waals surface area contributed by atoms with Crippen LogP contribution in [0.2, 0.25) is 0 Å². The van der Waals surface area contributed by atoms with Gasteiger partial charge in [-0.3, -0.25) is 0 Å². The molecule has 1 unspecified atom stereocenters. The number of piperidine rings is 1. The van der Waals surface area contributed by atoms with Crippen molar-refractivity contribution in [1.29, 1.82) is 0 Å². The predicted octanol–water partition coefficient (Wildman–Crippen LogP) is 4.16. The molecular weight excluding hydrogens is 330 g/mol. The second-order valence-corrected chi connectivity index (χ2v) is 6.66. The van der Waals surface area contributed by atoms with Crippen molar-refractivity contribution in [2.24, 2.45) is 0 Å². The molecule has 1 fully saturated rings. The summed E-state index contributed by atoms with van der Waals surface area (Å²) in [4.78, 5) is 14.5. The standard InChI is InChI=1S/C17H20BrNO2/c1-21-17(20)12-5-7-15-4-2-3-9-19(15)16-8-6-14(18)11-13(16)10-12/h6,8,10-11,15H,2-5,7,9H2,1H3. The normalized spacial score (nSPS) is 21.5. The van der Waals surface area contributed by atoms with Gasteiger partial charge in [-0.1, -0.05) is 15.9 Å². The fourth-order valence-corrected chi connectivity index (χ4v) is 3.77. The van der Waals surface area contributed by atoms with Crippen molar-refractivity contribution in [3.63, 3.8) is 0 Å². The molecule has 3 nitrogen and oxygen atoms in total. The molecule has 3 rings (SSSR count). The number of rotatable bonds is 1. The highest BCUT2D eigenvalue weighted by Gasteiger charge is 2.27. The number of carbonyl (C=O) groups is 1. The van der Waals surface area contributed by atoms with E-state index in [-0.39, 0.29) is 5.97 Å². The molecule has 1 aromatic carbocycles. The lowest BCUT2D eigenvalue weighted by atomic mass is 9.91. The molecule has 0 spiro atoms. The van der Waals surface area contributed by atoms with Gasteiger partial charge in [-0.05, 0) is 61.9 Å². The van der Waals surface area contributed by atoms with E-state index in [9.17, 15) is 4.79 Å². The van der Waals surface area contributed by atoms with Crippen molar-refractivity contribution in [3.05, 3.63) is 33.8 Å². The molecule has 0 N–H and O–H groups in total. The SMILES string of the molecule is COC(=O)C1=Cc2cc(Br)ccc2N2CCCCC2CC1. The van der Waals surface area contributed by atoms with Gasteiger partial charge in [0.2, 0.25) is 0 Å². The Balaban J connectivity index is 2.08. The highest BCUT2D eigenvalue weighted by Crippen LogP contribution is 2.35. The number of halogens is 1. The number of benzene rings is 1. The lowest BCUT2D eigenvalue weighted by Gasteiger charge is -2.39. The van der Waals surface area contributed by atoms with E-state index < -0.39 is 0 Å². The monoisotopic (exact) mass is 349 g/mol. The number of fused-ring (bicyclic) bond motifs is 3. The summed E-state index contributed by atoms with van der Waals surface area (Å²) in [5, 5.41) is 0. The van der Waals surface area contributed by atoms with Crippen LogP contribution in [0.15, 0.2) is 28.2 Å². The minimum absolute atomic E-state index is 0.204. The molecule has 0 bridgehead atoms. The van der Waals surface area contributed by atoms with E-state index >= 15 is 0 Å². The molecule has 1 aromatic rings. The molecule has 0 amide bonds. The van der Waals surface area contributed by atoms with Crippen LogP contribution in [0.3, 0.4) is 0 Å². The van der Waals surface area contributed by atoms with Crippen molar-refractivity contribution in [1.82, 2.24) is 0 Å². The van der Waals surface area contributed by atoms with Crippen LogP contribution < -0.4 is 4.90 Å². The van der Waals surface area contributed by atoms with E-state index in [1.165, 1.54) is 32.1 Å². The molecule has 21 heavy (non-hydrogen) atoms. The number of anilines is 1. The highest BCUT2D eigenvalue weighted by molar-refractivity contribution is 9.10. The second-order valence-electron chi connectivity index (χ2n) is 5.75. The van der Waals surface area contributed by atoms with E-state index in [0.29, 0.717) is 6.04 Å². The zero-order valence-electron chi connectivity index (χ0n) is 12.3. The Morgan fingerprint density at radius 3 is 3.00 bits per heavy atom. The van der Waals surface area contributed by atoms with E-state index in [1.807, 2.05) is 6.08 Å². The maximum absolute atomic E-state index is 12.0.